The third-order valence-corrected chi connectivity index (χ3v) is 2.99. The summed E-state index contributed by atoms with van der Waals surface area (Å²) in [6.07, 6.45) is 1.75. The van der Waals surface area contributed by atoms with E-state index in [4.69, 9.17) is 4.42 Å². The lowest BCUT2D eigenvalue weighted by atomic mass is 9.98. The third kappa shape index (κ3) is 2.59. The lowest BCUT2D eigenvalue weighted by molar-refractivity contribution is 0.520. The van der Waals surface area contributed by atoms with Crippen LogP contribution in [0, 0.1) is 13.8 Å². The first kappa shape index (κ1) is 11.9. The SMILES string of the molecule is CCNC(c1cccc(C)c1)c1ccoc1C. The number of rotatable bonds is 4. The third-order valence-electron chi connectivity index (χ3n) is 2.99. The predicted octanol–water partition coefficient (Wildman–Crippen LogP) is 3.60. The van der Waals surface area contributed by atoms with Gasteiger partial charge >= 0.3 is 0 Å². The number of nitrogens with one attached hydrogen (secondary N) is 1. The highest BCUT2D eigenvalue weighted by Crippen LogP contribution is 2.26. The van der Waals surface area contributed by atoms with Crippen molar-refractivity contribution in [2.75, 3.05) is 6.54 Å². The molecule has 1 N–H and O–H groups in total. The zero-order valence-corrected chi connectivity index (χ0v) is 10.7. The van der Waals surface area contributed by atoms with E-state index in [1.54, 1.807) is 6.26 Å². The van der Waals surface area contributed by atoms with Crippen molar-refractivity contribution in [3.63, 3.8) is 0 Å². The first-order valence-corrected chi connectivity index (χ1v) is 6.06. The Morgan fingerprint density at radius 1 is 1.24 bits per heavy atom. The molecule has 0 bridgehead atoms. The summed E-state index contributed by atoms with van der Waals surface area (Å²) in [7, 11) is 0. The Balaban J connectivity index is 2.39. The van der Waals surface area contributed by atoms with Gasteiger partial charge in [0.1, 0.15) is 5.76 Å². The predicted molar refractivity (Wildman–Crippen MR) is 70.1 cm³/mol. The second kappa shape index (κ2) is 5.19. The van der Waals surface area contributed by atoms with Crippen LogP contribution < -0.4 is 5.32 Å². The number of hydrogen-bond acceptors (Lipinski definition) is 2. The molecular weight excluding hydrogens is 210 g/mol. The fourth-order valence-electron chi connectivity index (χ4n) is 2.16. The van der Waals surface area contributed by atoms with Gasteiger partial charge in [0.15, 0.2) is 0 Å². The largest absolute Gasteiger partial charge is 0.469 e. The topological polar surface area (TPSA) is 25.2 Å². The van der Waals surface area contributed by atoms with Crippen LogP contribution in [0.15, 0.2) is 41.0 Å². The van der Waals surface area contributed by atoms with Gasteiger partial charge in [-0.25, -0.2) is 0 Å². The summed E-state index contributed by atoms with van der Waals surface area (Å²) in [6, 6.07) is 10.9. The van der Waals surface area contributed by atoms with E-state index in [0.717, 1.165) is 12.3 Å². The Morgan fingerprint density at radius 3 is 2.65 bits per heavy atom. The fraction of sp³-hybridized carbons (Fsp3) is 0.333. The molecule has 2 heteroatoms. The maximum absolute atomic E-state index is 5.40. The number of hydrogen-bond donors (Lipinski definition) is 1. The molecule has 1 aromatic heterocycles. The highest BCUT2D eigenvalue weighted by molar-refractivity contribution is 5.34. The number of furan rings is 1. The second-order valence-corrected chi connectivity index (χ2v) is 4.34. The molecule has 0 spiro atoms. The number of aryl methyl sites for hydroxylation is 2. The van der Waals surface area contributed by atoms with Crippen LogP contribution in [-0.4, -0.2) is 6.54 Å². The van der Waals surface area contributed by atoms with Crippen molar-refractivity contribution in [3.05, 3.63) is 59.0 Å². The molecule has 90 valence electrons. The smallest absolute Gasteiger partial charge is 0.105 e. The molecule has 0 fully saturated rings. The van der Waals surface area contributed by atoms with E-state index >= 15 is 0 Å². The molecule has 1 aromatic carbocycles. The molecule has 0 aliphatic heterocycles. The van der Waals surface area contributed by atoms with Crippen molar-refractivity contribution < 1.29 is 4.42 Å². The molecule has 0 aliphatic rings. The van der Waals surface area contributed by atoms with Crippen molar-refractivity contribution in [1.82, 2.24) is 5.32 Å². The molecule has 1 unspecified atom stereocenters. The first-order chi connectivity index (χ1) is 8.22. The van der Waals surface area contributed by atoms with E-state index in [-0.39, 0.29) is 6.04 Å². The van der Waals surface area contributed by atoms with Gasteiger partial charge < -0.3 is 9.73 Å². The first-order valence-electron chi connectivity index (χ1n) is 6.06. The Morgan fingerprint density at radius 2 is 2.06 bits per heavy atom. The van der Waals surface area contributed by atoms with Crippen LogP contribution in [0.3, 0.4) is 0 Å². The summed E-state index contributed by atoms with van der Waals surface area (Å²) in [6.45, 7) is 7.19. The zero-order valence-electron chi connectivity index (χ0n) is 10.7. The van der Waals surface area contributed by atoms with Gasteiger partial charge in [-0.15, -0.1) is 0 Å². The van der Waals surface area contributed by atoms with Gasteiger partial charge in [0, 0.05) is 5.56 Å². The average Bonchev–Trinajstić information content (AvgIpc) is 2.72. The normalized spacial score (nSPS) is 12.6. The van der Waals surface area contributed by atoms with E-state index < -0.39 is 0 Å². The molecular formula is C15H19NO. The van der Waals surface area contributed by atoms with Crippen molar-refractivity contribution in [2.24, 2.45) is 0 Å². The van der Waals surface area contributed by atoms with Crippen LogP contribution >= 0.6 is 0 Å². The minimum absolute atomic E-state index is 0.221. The van der Waals surface area contributed by atoms with Gasteiger partial charge in [-0.1, -0.05) is 36.8 Å². The van der Waals surface area contributed by atoms with Gasteiger partial charge in [0.25, 0.3) is 0 Å². The molecule has 2 nitrogen and oxygen atoms in total. The summed E-state index contributed by atoms with van der Waals surface area (Å²) >= 11 is 0. The van der Waals surface area contributed by atoms with Crippen LogP contribution in [-0.2, 0) is 0 Å². The average molecular weight is 229 g/mol. The molecule has 2 aromatic rings. The van der Waals surface area contributed by atoms with E-state index in [1.807, 2.05) is 13.0 Å². The van der Waals surface area contributed by atoms with Gasteiger partial charge in [-0.3, -0.25) is 0 Å². The van der Waals surface area contributed by atoms with Crippen LogP contribution in [0.25, 0.3) is 0 Å². The van der Waals surface area contributed by atoms with Gasteiger partial charge in [-0.05, 0) is 32.0 Å². The second-order valence-electron chi connectivity index (χ2n) is 4.34. The number of benzene rings is 1. The highest BCUT2D eigenvalue weighted by atomic mass is 16.3. The summed E-state index contributed by atoms with van der Waals surface area (Å²) in [4.78, 5) is 0. The Labute approximate surface area is 103 Å². The van der Waals surface area contributed by atoms with Gasteiger partial charge in [0.2, 0.25) is 0 Å². The highest BCUT2D eigenvalue weighted by Gasteiger charge is 2.16. The van der Waals surface area contributed by atoms with Crippen LogP contribution in [0.5, 0.6) is 0 Å². The van der Waals surface area contributed by atoms with E-state index in [9.17, 15) is 0 Å². The van der Waals surface area contributed by atoms with Crippen LogP contribution in [0.1, 0.15) is 35.4 Å². The minimum Gasteiger partial charge on any atom is -0.469 e. The lowest BCUT2D eigenvalue weighted by Gasteiger charge is -2.18. The van der Waals surface area contributed by atoms with Crippen LogP contribution in [0.4, 0.5) is 0 Å². The van der Waals surface area contributed by atoms with Gasteiger partial charge in [-0.2, -0.15) is 0 Å². The monoisotopic (exact) mass is 229 g/mol. The van der Waals surface area contributed by atoms with Gasteiger partial charge in [0.05, 0.1) is 12.3 Å². The lowest BCUT2D eigenvalue weighted by Crippen LogP contribution is -2.22. The summed E-state index contributed by atoms with van der Waals surface area (Å²) in [5.41, 5.74) is 3.79. The quantitative estimate of drug-likeness (QED) is 0.866. The van der Waals surface area contributed by atoms with Crippen molar-refractivity contribution >= 4 is 0 Å². The fourth-order valence-corrected chi connectivity index (χ4v) is 2.16. The molecule has 1 atom stereocenters. The minimum atomic E-state index is 0.221. The van der Waals surface area contributed by atoms with E-state index in [1.165, 1.54) is 16.7 Å². The van der Waals surface area contributed by atoms with Crippen LogP contribution in [0.2, 0.25) is 0 Å². The Hall–Kier alpha value is -1.54. The Bertz CT molecular complexity index is 487. The van der Waals surface area contributed by atoms with E-state index in [2.05, 4.69) is 43.4 Å². The summed E-state index contributed by atoms with van der Waals surface area (Å²) in [5.74, 6) is 0.984. The maximum atomic E-state index is 5.40. The van der Waals surface area contributed by atoms with Crippen molar-refractivity contribution in [3.8, 4) is 0 Å². The molecule has 0 amide bonds. The standard InChI is InChI=1S/C15H19NO/c1-4-16-15(14-8-9-17-12(14)3)13-7-5-6-11(2)10-13/h5-10,15-16H,4H2,1-3H3. The molecule has 0 saturated carbocycles. The summed E-state index contributed by atoms with van der Waals surface area (Å²) < 4.78 is 5.40. The van der Waals surface area contributed by atoms with Crippen molar-refractivity contribution in [2.45, 2.75) is 26.8 Å². The van der Waals surface area contributed by atoms with Crippen molar-refractivity contribution in [1.29, 1.82) is 0 Å². The Kier molecular flexibility index (Phi) is 3.64. The summed E-state index contributed by atoms with van der Waals surface area (Å²) in [5, 5.41) is 3.51. The maximum Gasteiger partial charge on any atom is 0.105 e. The molecule has 2 rings (SSSR count). The molecule has 0 saturated heterocycles. The molecule has 0 aliphatic carbocycles. The molecule has 0 radical (unpaired) electrons. The molecule has 1 heterocycles. The molecule has 17 heavy (non-hydrogen) atoms. The zero-order chi connectivity index (χ0) is 12.3. The van der Waals surface area contributed by atoms with E-state index in [0.29, 0.717) is 0 Å².